The van der Waals surface area contributed by atoms with Gasteiger partial charge in [0.25, 0.3) is 0 Å². The van der Waals surface area contributed by atoms with Crippen molar-refractivity contribution in [3.63, 3.8) is 0 Å². The first kappa shape index (κ1) is 108. The molecule has 774 valence electrons. The summed E-state index contributed by atoms with van der Waals surface area (Å²) in [5, 5.41) is 280. The van der Waals surface area contributed by atoms with Crippen LogP contribution < -0.4 is 0 Å². The van der Waals surface area contributed by atoms with Crippen LogP contribution in [0.15, 0.2) is 11.6 Å². The number of unbranched alkanes of at least 4 members (excludes halogenated alkanes) is 7. The molecule has 0 spiro atoms. The van der Waals surface area contributed by atoms with Crippen LogP contribution >= 0.6 is 0 Å². The van der Waals surface area contributed by atoms with Crippen LogP contribution in [-0.2, 0) is 90.1 Å². The number of rotatable bonds is 36. The van der Waals surface area contributed by atoms with Gasteiger partial charge in [-0.1, -0.05) is 105 Å². The number of carbonyl (C=O) groups is 2. The molecule has 12 fully saturated rings. The number of aliphatic hydroxyl groups excluding tert-OH is 24. The van der Waals surface area contributed by atoms with Gasteiger partial charge in [-0.2, -0.15) is 0 Å². The molecule has 0 radical (unpaired) electrons. The molecule has 44 heteroatoms. The Bertz CT molecular complexity index is 3790. The van der Waals surface area contributed by atoms with Crippen LogP contribution in [0, 0.1) is 50.2 Å². The zero-order valence-corrected chi connectivity index (χ0v) is 77.3. The first-order chi connectivity index (χ1) is 63.2. The third kappa shape index (κ3) is 21.5. The molecule has 8 aliphatic heterocycles. The number of hydrogen-bond donors (Lipinski definition) is 25. The van der Waals surface area contributed by atoms with E-state index in [4.69, 9.17) is 80.5 Å². The van der Waals surface area contributed by atoms with E-state index in [2.05, 4.69) is 13.0 Å². The number of fused-ring (bicyclic) bond motifs is 7. The number of allylic oxidation sites excluding steroid dienone is 2. The van der Waals surface area contributed by atoms with E-state index in [1.165, 1.54) is 13.8 Å². The minimum Gasteiger partial charge on any atom is -0.455 e. The number of ether oxygens (including phenoxy) is 17. The summed E-state index contributed by atoms with van der Waals surface area (Å²) in [7, 11) is 0. The van der Waals surface area contributed by atoms with Crippen molar-refractivity contribution in [1.29, 1.82) is 0 Å². The van der Waals surface area contributed by atoms with Gasteiger partial charge in [0.1, 0.15) is 145 Å². The van der Waals surface area contributed by atoms with Crippen molar-refractivity contribution in [2.75, 3.05) is 59.5 Å². The molecule has 134 heavy (non-hydrogen) atoms. The van der Waals surface area contributed by atoms with Crippen LogP contribution in [-0.4, -0.2) is 444 Å². The van der Waals surface area contributed by atoms with Crippen molar-refractivity contribution in [2.24, 2.45) is 50.2 Å². The van der Waals surface area contributed by atoms with Gasteiger partial charge in [0.05, 0.1) is 89.5 Å². The number of aliphatic hydroxyl groups is 25. The molecule has 13 rings (SSSR count). The van der Waals surface area contributed by atoms with Gasteiger partial charge >= 0.3 is 11.9 Å². The van der Waals surface area contributed by atoms with E-state index >= 15 is 9.59 Å². The fourth-order valence-corrected chi connectivity index (χ4v) is 24.0. The Balaban J connectivity index is 0.807. The maximum atomic E-state index is 16.8. The second-order valence-electron chi connectivity index (χ2n) is 41.8. The Morgan fingerprint density at radius 1 is 0.470 bits per heavy atom. The summed E-state index contributed by atoms with van der Waals surface area (Å²) in [5.74, 6) is -4.01. The molecule has 5 aliphatic carbocycles. The lowest BCUT2D eigenvalue weighted by Gasteiger charge is -2.72. The molecule has 25 N–H and O–H groups in total. The fraction of sp³-hybridized carbons (Fsp3) is 0.956. The predicted octanol–water partition coefficient (Wildman–Crippen LogP) is -6.27. The van der Waals surface area contributed by atoms with Crippen molar-refractivity contribution < 1.29 is 218 Å². The van der Waals surface area contributed by atoms with Crippen molar-refractivity contribution in [3.05, 3.63) is 11.6 Å². The molecular weight excluding hydrogens is 1780 g/mol. The van der Waals surface area contributed by atoms with Crippen LogP contribution in [0.4, 0.5) is 0 Å². The summed E-state index contributed by atoms with van der Waals surface area (Å²) in [5.41, 5.74) is -7.75. The molecule has 44 nitrogen and oxygen atoms in total. The quantitative estimate of drug-likeness (QED) is 0.0120. The first-order valence-corrected chi connectivity index (χ1v) is 47.8. The van der Waals surface area contributed by atoms with E-state index in [9.17, 15) is 128 Å². The standard InChI is InChI=1S/C90H150O44/c1-39-68(130-77-64(110)58(104)50(35-121-77)128-82-72(114)89(117,37-94)38-122-82)61(107)67(113)78(123-39)132-71-70(131-79-65(111)59(105)56(102)48(31-92)126-79)69(129-74(115)47(125-76-63(109)55(101)46(98)33-119-76)20-16-12-11-15-19-41(95)18-14-10-9-13-17-27-91)40(2)124-81(71)134-83(116)90-26-25-84(3,4)28-43(90)42-21-22-52-85(5)29-44(96)73(86(6,36-93)51(85)23-24-87(52,7)88(42,8)30-53(90)99)133-80-66(112)60(106)57(103)49(127-80)34-120-75-62(108)54(100)45(97)32-118-75/h21,39-41,43-73,75-82,91-114,117H,9-20,22-38H2,1-8H3/t39-,40+,41?,43-,44-,45-,46+,47?,48+,49+,50+,51+,52+,53+,54-,55-,56+,57+,58-,59-,60-,61-,62+,63+,64+,65+,66+,67+,68-,69-,70-,71+,72-,73-,75-,76-,77-,78-,79-,80-,81-,82-,85-,86-,87+,88+,89+,90+/m0/s1. The van der Waals surface area contributed by atoms with E-state index in [-0.39, 0.29) is 51.0 Å². The second kappa shape index (κ2) is 44.3. The van der Waals surface area contributed by atoms with Gasteiger partial charge in [-0.3, -0.25) is 4.79 Å². The zero-order valence-electron chi connectivity index (χ0n) is 77.3. The highest BCUT2D eigenvalue weighted by Crippen LogP contribution is 2.76. The normalized spacial score (nSPS) is 49.6. The molecule has 0 amide bonds. The Hall–Kier alpha value is -2.92. The van der Waals surface area contributed by atoms with Gasteiger partial charge < -0.3 is 208 Å². The van der Waals surface area contributed by atoms with E-state index in [1.807, 2.05) is 27.7 Å². The molecule has 4 saturated carbocycles. The molecule has 2 unspecified atom stereocenters. The Morgan fingerprint density at radius 3 is 1.65 bits per heavy atom. The highest BCUT2D eigenvalue weighted by atomic mass is 16.8. The van der Waals surface area contributed by atoms with Gasteiger partial charge in [-0.15, -0.1) is 0 Å². The summed E-state index contributed by atoms with van der Waals surface area (Å²) in [4.78, 5) is 32.3. The maximum absolute atomic E-state index is 16.8. The van der Waals surface area contributed by atoms with Gasteiger partial charge in [0.15, 0.2) is 62.3 Å². The molecular formula is C90H150O44. The number of esters is 2. The maximum Gasteiger partial charge on any atom is 0.335 e. The minimum absolute atomic E-state index is 0.0334. The lowest BCUT2D eigenvalue weighted by molar-refractivity contribution is -0.392. The smallest absolute Gasteiger partial charge is 0.335 e. The molecule has 8 heterocycles. The van der Waals surface area contributed by atoms with Crippen LogP contribution in [0.3, 0.4) is 0 Å². The zero-order chi connectivity index (χ0) is 97.7. The third-order valence-electron chi connectivity index (χ3n) is 32.4. The van der Waals surface area contributed by atoms with Gasteiger partial charge in [-0.05, 0) is 130 Å². The highest BCUT2D eigenvalue weighted by Gasteiger charge is 2.74. The lowest BCUT2D eigenvalue weighted by atomic mass is 9.33. The van der Waals surface area contributed by atoms with Crippen molar-refractivity contribution >= 4 is 11.9 Å². The Morgan fingerprint density at radius 2 is 1.01 bits per heavy atom. The first-order valence-electron chi connectivity index (χ1n) is 47.8. The predicted molar refractivity (Wildman–Crippen MR) is 449 cm³/mol. The fourth-order valence-electron chi connectivity index (χ4n) is 24.0. The largest absolute Gasteiger partial charge is 0.455 e. The summed E-state index contributed by atoms with van der Waals surface area (Å²) in [6.07, 6.45) is -59.5. The second-order valence-corrected chi connectivity index (χ2v) is 41.8. The van der Waals surface area contributed by atoms with Crippen LogP contribution in [0.1, 0.15) is 184 Å². The number of carbonyl (C=O) groups excluding carboxylic acids is 2. The Kier molecular flexibility index (Phi) is 35.9. The summed E-state index contributed by atoms with van der Waals surface area (Å²) < 4.78 is 104. The van der Waals surface area contributed by atoms with Crippen LogP contribution in [0.2, 0.25) is 0 Å². The number of hydrogen-bond acceptors (Lipinski definition) is 44. The summed E-state index contributed by atoms with van der Waals surface area (Å²) >= 11 is 0. The molecule has 0 aromatic rings. The Labute approximate surface area is 777 Å². The van der Waals surface area contributed by atoms with Crippen molar-refractivity contribution in [3.8, 4) is 0 Å². The van der Waals surface area contributed by atoms with Crippen LogP contribution in [0.5, 0.6) is 0 Å². The van der Waals surface area contributed by atoms with Crippen LogP contribution in [0.25, 0.3) is 0 Å². The summed E-state index contributed by atoms with van der Waals surface area (Å²) in [6.45, 7) is 9.56. The van der Waals surface area contributed by atoms with E-state index in [0.717, 1.165) is 31.3 Å². The molecule has 0 bridgehead atoms. The van der Waals surface area contributed by atoms with Crippen molar-refractivity contribution in [1.82, 2.24) is 0 Å². The molecule has 48 atom stereocenters. The highest BCUT2D eigenvalue weighted by molar-refractivity contribution is 5.80. The molecule has 0 aromatic heterocycles. The van der Waals surface area contributed by atoms with Gasteiger partial charge in [0, 0.05) is 12.0 Å². The van der Waals surface area contributed by atoms with Gasteiger partial charge in [0.2, 0.25) is 6.29 Å². The van der Waals surface area contributed by atoms with E-state index in [1.54, 1.807) is 6.92 Å². The molecule has 8 saturated heterocycles. The molecule has 13 aliphatic rings. The monoisotopic (exact) mass is 1930 g/mol. The minimum atomic E-state index is -2.31. The van der Waals surface area contributed by atoms with Crippen molar-refractivity contribution in [2.45, 2.75) is 429 Å². The average Bonchev–Trinajstić information content (AvgIpc) is 0.675. The van der Waals surface area contributed by atoms with E-state index in [0.29, 0.717) is 64.2 Å². The third-order valence-corrected chi connectivity index (χ3v) is 32.4. The lowest BCUT2D eigenvalue weighted by Crippen LogP contribution is -2.71. The summed E-state index contributed by atoms with van der Waals surface area (Å²) in [6, 6.07) is 0. The average molecular weight is 1940 g/mol. The van der Waals surface area contributed by atoms with E-state index < -0.39 is 354 Å². The topological polar surface area (TPSA) is 697 Å². The molecule has 0 aromatic carbocycles. The SMILES string of the molecule is C[C@@H]1O[C@@H](O[C@H]2[C@H](OC(=O)[C@]34CCC(C)(C)C[C@H]3C3=CC[C@@H]5[C@@]6(C)C[C@H](O)[C@H](O[C@@H]7O[C@H](CO[C@@H]8OC[C@H](O)[C@H](O)[C@H]8O)[C@@H](O)[C@H](O)[C@H]7O)[C@@](C)(CO)[C@@H]6CC[C@@]5(C)[C@]3(C)C[C@H]4O)O[C@H](C)[C@H](OC(=O)C(CCCCCCC(O)CCCCCCCO)O[C@@H]3OC[C@@H](O)[C@H](O)[C@H]3O)[C@@H]2O[C@@H]2O[C@H](CO)[C@@H](O)[C@H](O)[C@H]2O)[C@H](O)[C@H](O)[C@H]1O[C@@H]1OC[C@@H](O[C@@H]2OC[C@](O)(CO)[C@H]2O)[C@H](O)[C@H]1O. The van der Waals surface area contributed by atoms with Gasteiger partial charge in [-0.25, -0.2) is 4.79 Å².